The molecule has 1 fully saturated rings. The number of halogens is 1. The van der Waals surface area contributed by atoms with Crippen molar-refractivity contribution in [3.05, 3.63) is 64.8 Å². The fourth-order valence-electron chi connectivity index (χ4n) is 4.44. The van der Waals surface area contributed by atoms with E-state index in [-0.39, 0.29) is 5.41 Å². The average molecular weight is 461 g/mol. The third-order valence-electron chi connectivity index (χ3n) is 6.51. The maximum absolute atomic E-state index is 6.52. The Bertz CT molecular complexity index is 1180. The third-order valence-corrected chi connectivity index (χ3v) is 6.79. The van der Waals surface area contributed by atoms with Gasteiger partial charge < -0.3 is 15.1 Å². The number of fused-ring (bicyclic) bond motifs is 1. The number of anilines is 3. The number of likely N-dealkylation sites (N-methyl/N-ethyl adjacent to an activating group) is 1. The molecule has 7 heteroatoms. The number of nitrogens with one attached hydrogen (secondary N) is 1. The summed E-state index contributed by atoms with van der Waals surface area (Å²) in [4.78, 5) is 18.4. The van der Waals surface area contributed by atoms with Crippen LogP contribution in [0.25, 0.3) is 11.3 Å². The molecule has 0 unspecified atom stereocenters. The summed E-state index contributed by atoms with van der Waals surface area (Å²) in [5.74, 6) is 0.528. The van der Waals surface area contributed by atoms with E-state index in [9.17, 15) is 0 Å². The van der Waals surface area contributed by atoms with E-state index in [0.717, 1.165) is 55.2 Å². The molecule has 5 rings (SSSR count). The smallest absolute Gasteiger partial charge is 0.227 e. The predicted molar refractivity (Wildman–Crippen MR) is 137 cm³/mol. The fourth-order valence-corrected chi connectivity index (χ4v) is 4.64. The lowest BCUT2D eigenvalue weighted by atomic mass is 9.79. The number of piperazine rings is 1. The van der Waals surface area contributed by atoms with Crippen LogP contribution in [-0.4, -0.2) is 60.9 Å². The van der Waals surface area contributed by atoms with Gasteiger partial charge in [0.15, 0.2) is 0 Å². The summed E-state index contributed by atoms with van der Waals surface area (Å²) in [6, 6.07) is 14.8. The topological polar surface area (TPSA) is 56.6 Å². The van der Waals surface area contributed by atoms with E-state index < -0.39 is 0 Å². The van der Waals surface area contributed by atoms with E-state index >= 15 is 0 Å². The molecule has 0 amide bonds. The number of rotatable bonds is 4. The quantitative estimate of drug-likeness (QED) is 0.593. The molecule has 1 aromatic heterocycles. The van der Waals surface area contributed by atoms with Gasteiger partial charge >= 0.3 is 0 Å². The van der Waals surface area contributed by atoms with Crippen LogP contribution in [0.4, 0.5) is 17.3 Å². The highest BCUT2D eigenvalue weighted by atomic mass is 35.5. The summed E-state index contributed by atoms with van der Waals surface area (Å²) in [6.45, 7) is 9.49. The molecular weight excluding hydrogens is 432 g/mol. The van der Waals surface area contributed by atoms with Gasteiger partial charge in [0.25, 0.3) is 0 Å². The van der Waals surface area contributed by atoms with Crippen LogP contribution < -0.4 is 10.2 Å². The van der Waals surface area contributed by atoms with Crippen molar-refractivity contribution in [3.63, 3.8) is 0 Å². The Hall–Kier alpha value is -2.96. The summed E-state index contributed by atoms with van der Waals surface area (Å²) >= 11 is 6.52. The van der Waals surface area contributed by atoms with Gasteiger partial charge in [-0.05, 0) is 48.5 Å². The van der Waals surface area contributed by atoms with Crippen LogP contribution in [0.15, 0.2) is 53.7 Å². The van der Waals surface area contributed by atoms with Crippen LogP contribution >= 0.6 is 11.6 Å². The highest BCUT2D eigenvalue weighted by Gasteiger charge is 2.26. The van der Waals surface area contributed by atoms with Crippen molar-refractivity contribution < 1.29 is 0 Å². The Kier molecular flexibility index (Phi) is 5.81. The Morgan fingerprint density at radius 2 is 1.76 bits per heavy atom. The van der Waals surface area contributed by atoms with Crippen molar-refractivity contribution in [3.8, 4) is 11.3 Å². The molecule has 0 aliphatic carbocycles. The lowest BCUT2D eigenvalue weighted by Crippen LogP contribution is -2.44. The molecule has 2 aliphatic heterocycles. The van der Waals surface area contributed by atoms with Crippen LogP contribution in [0.3, 0.4) is 0 Å². The molecule has 1 N–H and O–H groups in total. The lowest BCUT2D eigenvalue weighted by Gasteiger charge is -2.34. The number of hydrogen-bond acceptors (Lipinski definition) is 6. The van der Waals surface area contributed by atoms with Crippen molar-refractivity contribution in [2.24, 2.45) is 4.99 Å². The van der Waals surface area contributed by atoms with E-state index in [2.05, 4.69) is 88.5 Å². The van der Waals surface area contributed by atoms with Gasteiger partial charge in [0, 0.05) is 61.3 Å². The summed E-state index contributed by atoms with van der Waals surface area (Å²) in [6.07, 6.45) is 3.61. The first-order valence-corrected chi connectivity index (χ1v) is 11.7. The molecule has 0 spiro atoms. The molecule has 2 aromatic carbocycles. The Morgan fingerprint density at radius 1 is 1.00 bits per heavy atom. The van der Waals surface area contributed by atoms with Gasteiger partial charge in [-0.15, -0.1) is 0 Å². The highest BCUT2D eigenvalue weighted by molar-refractivity contribution is 6.32. The van der Waals surface area contributed by atoms with Crippen molar-refractivity contribution in [1.82, 2.24) is 14.9 Å². The molecule has 0 saturated carbocycles. The third kappa shape index (κ3) is 4.59. The first-order chi connectivity index (χ1) is 15.9. The largest absolute Gasteiger partial charge is 0.369 e. The summed E-state index contributed by atoms with van der Waals surface area (Å²) < 4.78 is 0. The molecule has 0 bridgehead atoms. The van der Waals surface area contributed by atoms with Gasteiger partial charge in [0.05, 0.1) is 16.9 Å². The molecular formula is C26H29ClN6. The molecule has 3 heterocycles. The summed E-state index contributed by atoms with van der Waals surface area (Å²) in [5.41, 5.74) is 6.29. The Balaban J connectivity index is 1.37. The molecule has 2 aliphatic rings. The highest BCUT2D eigenvalue weighted by Crippen LogP contribution is 2.35. The van der Waals surface area contributed by atoms with Crippen molar-refractivity contribution in [2.45, 2.75) is 19.3 Å². The molecule has 6 nitrogen and oxygen atoms in total. The van der Waals surface area contributed by atoms with E-state index in [1.807, 2.05) is 6.21 Å². The van der Waals surface area contributed by atoms with Gasteiger partial charge in [0.2, 0.25) is 5.95 Å². The minimum absolute atomic E-state index is 0.0216. The zero-order valence-corrected chi connectivity index (χ0v) is 20.1. The van der Waals surface area contributed by atoms with Gasteiger partial charge in [-0.3, -0.25) is 4.99 Å². The van der Waals surface area contributed by atoms with E-state index in [1.165, 1.54) is 11.3 Å². The second-order valence-corrected chi connectivity index (χ2v) is 9.92. The zero-order chi connectivity index (χ0) is 23.0. The van der Waals surface area contributed by atoms with Crippen LogP contribution in [0, 0.1) is 0 Å². The van der Waals surface area contributed by atoms with Gasteiger partial charge in [0.1, 0.15) is 0 Å². The van der Waals surface area contributed by atoms with E-state index in [1.54, 1.807) is 6.20 Å². The lowest BCUT2D eigenvalue weighted by molar-refractivity contribution is 0.313. The Labute approximate surface area is 200 Å². The second kappa shape index (κ2) is 8.76. The number of hydrogen-bond donors (Lipinski definition) is 1. The number of benzene rings is 2. The molecule has 170 valence electrons. The second-order valence-electron chi connectivity index (χ2n) is 9.51. The fraction of sp³-hybridized carbons (Fsp3) is 0.346. The van der Waals surface area contributed by atoms with E-state index in [4.69, 9.17) is 16.6 Å². The van der Waals surface area contributed by atoms with Crippen LogP contribution in [0.1, 0.15) is 25.0 Å². The first-order valence-electron chi connectivity index (χ1n) is 11.4. The van der Waals surface area contributed by atoms with Gasteiger partial charge in [-0.1, -0.05) is 37.6 Å². The van der Waals surface area contributed by atoms with Gasteiger partial charge in [-0.2, -0.15) is 0 Å². The molecule has 0 atom stereocenters. The maximum Gasteiger partial charge on any atom is 0.227 e. The van der Waals surface area contributed by atoms with Crippen LogP contribution in [0.5, 0.6) is 0 Å². The molecule has 3 aromatic rings. The minimum Gasteiger partial charge on any atom is -0.369 e. The molecule has 1 saturated heterocycles. The van der Waals surface area contributed by atoms with Crippen LogP contribution in [0.2, 0.25) is 5.02 Å². The minimum atomic E-state index is -0.0216. The molecule has 33 heavy (non-hydrogen) atoms. The van der Waals surface area contributed by atoms with Crippen molar-refractivity contribution in [1.29, 1.82) is 0 Å². The van der Waals surface area contributed by atoms with Gasteiger partial charge in [-0.25, -0.2) is 9.97 Å². The predicted octanol–water partition coefficient (Wildman–Crippen LogP) is 5.00. The molecule has 0 radical (unpaired) electrons. The van der Waals surface area contributed by atoms with Crippen molar-refractivity contribution >= 4 is 35.1 Å². The summed E-state index contributed by atoms with van der Waals surface area (Å²) in [7, 11) is 2.17. The normalized spacial score (nSPS) is 17.6. The SMILES string of the molecule is CN1CCN(c2ccc(Nc3ncc(Cl)c(-c4ccc5c(c4)C(C)(C)CN=C5)n3)cc2)CC1. The van der Waals surface area contributed by atoms with E-state index in [0.29, 0.717) is 11.0 Å². The maximum atomic E-state index is 6.52. The van der Waals surface area contributed by atoms with Crippen molar-refractivity contribution in [2.75, 3.05) is 50.0 Å². The monoisotopic (exact) mass is 460 g/mol. The standard InChI is InChI=1S/C26H29ClN6/c1-26(2)17-28-15-19-5-4-18(14-22(19)26)24-23(27)16-29-25(31-24)30-20-6-8-21(9-7-20)33-12-10-32(3)11-13-33/h4-9,14-16H,10-13,17H2,1-3H3,(H,29,30,31). The van der Waals surface area contributed by atoms with Crippen LogP contribution in [-0.2, 0) is 5.41 Å². The first kappa shape index (κ1) is 21.9. The number of aromatic nitrogens is 2. The number of nitrogens with zero attached hydrogens (tertiary/aromatic N) is 5. The number of aliphatic imine (C=N–C) groups is 1. The average Bonchev–Trinajstić information content (AvgIpc) is 2.81. The Morgan fingerprint density at radius 3 is 2.52 bits per heavy atom. The zero-order valence-electron chi connectivity index (χ0n) is 19.3. The summed E-state index contributed by atoms with van der Waals surface area (Å²) in [5, 5.41) is 3.86.